The maximum absolute atomic E-state index is 12.8. The molecule has 3 rings (SSSR count). The molecule has 1 aliphatic rings. The van der Waals surface area contributed by atoms with Crippen LogP contribution in [0.2, 0.25) is 0 Å². The molecule has 0 saturated carbocycles. The quantitative estimate of drug-likeness (QED) is 0.798. The first kappa shape index (κ1) is 19.9. The van der Waals surface area contributed by atoms with Gasteiger partial charge in [-0.15, -0.1) is 0 Å². The van der Waals surface area contributed by atoms with Crippen molar-refractivity contribution in [3.05, 3.63) is 65.7 Å². The highest BCUT2D eigenvalue weighted by Gasteiger charge is 2.23. The lowest BCUT2D eigenvalue weighted by molar-refractivity contribution is -0.122. The lowest BCUT2D eigenvalue weighted by Crippen LogP contribution is -2.51. The first-order valence-corrected chi connectivity index (χ1v) is 9.71. The number of benzene rings is 2. The largest absolute Gasteiger partial charge is 0.489 e. The number of ether oxygens (including phenoxy) is 1. The van der Waals surface area contributed by atoms with Crippen LogP contribution in [0.25, 0.3) is 0 Å². The smallest absolute Gasteiger partial charge is 0.254 e. The van der Waals surface area contributed by atoms with Crippen LogP contribution < -0.4 is 10.1 Å². The van der Waals surface area contributed by atoms with Crippen LogP contribution in [0.1, 0.15) is 22.8 Å². The van der Waals surface area contributed by atoms with E-state index in [1.165, 1.54) is 0 Å². The minimum absolute atomic E-state index is 0.00261. The van der Waals surface area contributed by atoms with Gasteiger partial charge in [-0.05, 0) is 30.7 Å². The summed E-state index contributed by atoms with van der Waals surface area (Å²) < 4.78 is 5.83. The van der Waals surface area contributed by atoms with Crippen LogP contribution in [0.3, 0.4) is 0 Å². The highest BCUT2D eigenvalue weighted by atomic mass is 16.5. The van der Waals surface area contributed by atoms with Gasteiger partial charge in [0.05, 0.1) is 6.54 Å². The minimum atomic E-state index is 0.00261. The summed E-state index contributed by atoms with van der Waals surface area (Å²) in [4.78, 5) is 28.4. The van der Waals surface area contributed by atoms with Gasteiger partial charge in [0, 0.05) is 38.3 Å². The average Bonchev–Trinajstić information content (AvgIpc) is 2.73. The molecule has 0 radical (unpaired) electrons. The van der Waals surface area contributed by atoms with E-state index in [2.05, 4.69) is 10.2 Å². The van der Waals surface area contributed by atoms with Crippen molar-refractivity contribution in [3.63, 3.8) is 0 Å². The van der Waals surface area contributed by atoms with Crippen molar-refractivity contribution in [2.75, 3.05) is 39.3 Å². The van der Waals surface area contributed by atoms with Gasteiger partial charge in [0.25, 0.3) is 5.91 Å². The van der Waals surface area contributed by atoms with Gasteiger partial charge < -0.3 is 15.0 Å². The molecule has 0 atom stereocenters. The molecule has 0 aromatic heterocycles. The first-order chi connectivity index (χ1) is 13.7. The van der Waals surface area contributed by atoms with Gasteiger partial charge in [-0.2, -0.15) is 0 Å². The molecule has 148 valence electrons. The molecule has 1 N–H and O–H groups in total. The minimum Gasteiger partial charge on any atom is -0.489 e. The lowest BCUT2D eigenvalue weighted by Gasteiger charge is -2.34. The van der Waals surface area contributed by atoms with Crippen LogP contribution in [0.5, 0.6) is 5.75 Å². The van der Waals surface area contributed by atoms with Gasteiger partial charge >= 0.3 is 0 Å². The zero-order chi connectivity index (χ0) is 19.8. The molecular formula is C22H27N3O3. The number of piperazine rings is 1. The van der Waals surface area contributed by atoms with Gasteiger partial charge in [0.2, 0.25) is 5.91 Å². The standard InChI is InChI=1S/C22H27N3O3/c1-2-23-21(26)16-24-11-13-25(14-12-24)22(27)19-9-6-10-20(15-19)28-17-18-7-4-3-5-8-18/h3-10,15H,2,11-14,16-17H2,1H3,(H,23,26). The van der Waals surface area contributed by atoms with Crippen LogP contribution in [0.15, 0.2) is 54.6 Å². The van der Waals surface area contributed by atoms with Gasteiger partial charge in [0.15, 0.2) is 0 Å². The second kappa shape index (κ2) is 9.90. The number of likely N-dealkylation sites (N-methyl/N-ethyl adjacent to an activating group) is 1. The summed E-state index contributed by atoms with van der Waals surface area (Å²) in [5, 5.41) is 2.81. The summed E-state index contributed by atoms with van der Waals surface area (Å²) in [5.74, 6) is 0.720. The molecule has 2 amide bonds. The van der Waals surface area contributed by atoms with Gasteiger partial charge in [0.1, 0.15) is 12.4 Å². The fourth-order valence-corrected chi connectivity index (χ4v) is 3.21. The Morgan fingerprint density at radius 1 is 1.00 bits per heavy atom. The molecule has 0 bridgehead atoms. The van der Waals surface area contributed by atoms with E-state index in [0.29, 0.717) is 57.2 Å². The van der Waals surface area contributed by atoms with E-state index in [9.17, 15) is 9.59 Å². The second-order valence-electron chi connectivity index (χ2n) is 6.82. The molecule has 0 aliphatic carbocycles. The number of nitrogens with one attached hydrogen (secondary N) is 1. The Hall–Kier alpha value is -2.86. The van der Waals surface area contributed by atoms with Crippen molar-refractivity contribution < 1.29 is 14.3 Å². The van der Waals surface area contributed by atoms with Crippen molar-refractivity contribution in [3.8, 4) is 5.75 Å². The van der Waals surface area contributed by atoms with Gasteiger partial charge in [-0.25, -0.2) is 0 Å². The number of amides is 2. The normalized spacial score (nSPS) is 14.5. The van der Waals surface area contributed by atoms with Crippen molar-refractivity contribution in [1.82, 2.24) is 15.1 Å². The molecule has 1 heterocycles. The molecule has 6 heteroatoms. The Labute approximate surface area is 166 Å². The molecule has 2 aromatic rings. The molecule has 1 fully saturated rings. The molecular weight excluding hydrogens is 354 g/mol. The molecule has 1 aliphatic heterocycles. The number of rotatable bonds is 7. The van der Waals surface area contributed by atoms with Crippen molar-refractivity contribution in [1.29, 1.82) is 0 Å². The molecule has 2 aromatic carbocycles. The average molecular weight is 381 g/mol. The molecule has 6 nitrogen and oxygen atoms in total. The highest BCUT2D eigenvalue weighted by Crippen LogP contribution is 2.17. The van der Waals surface area contributed by atoms with Gasteiger partial charge in [-0.1, -0.05) is 36.4 Å². The monoisotopic (exact) mass is 381 g/mol. The Bertz CT molecular complexity index is 787. The van der Waals surface area contributed by atoms with E-state index >= 15 is 0 Å². The van der Waals surface area contributed by atoms with E-state index in [-0.39, 0.29) is 11.8 Å². The van der Waals surface area contributed by atoms with Crippen LogP contribution >= 0.6 is 0 Å². The fraction of sp³-hybridized carbons (Fsp3) is 0.364. The highest BCUT2D eigenvalue weighted by molar-refractivity contribution is 5.94. The first-order valence-electron chi connectivity index (χ1n) is 9.71. The third-order valence-electron chi connectivity index (χ3n) is 4.73. The second-order valence-corrected chi connectivity index (χ2v) is 6.82. The maximum atomic E-state index is 12.8. The summed E-state index contributed by atoms with van der Waals surface area (Å²) in [5.41, 5.74) is 1.71. The summed E-state index contributed by atoms with van der Waals surface area (Å²) in [7, 11) is 0. The number of hydrogen-bond acceptors (Lipinski definition) is 4. The predicted molar refractivity (Wildman–Crippen MR) is 108 cm³/mol. The number of carbonyl (C=O) groups excluding carboxylic acids is 2. The van der Waals surface area contributed by atoms with Crippen LogP contribution in [0.4, 0.5) is 0 Å². The summed E-state index contributed by atoms with van der Waals surface area (Å²) >= 11 is 0. The summed E-state index contributed by atoms with van der Waals surface area (Å²) in [6, 6.07) is 17.3. The predicted octanol–water partition coefficient (Wildman–Crippen LogP) is 2.16. The molecule has 28 heavy (non-hydrogen) atoms. The molecule has 0 spiro atoms. The van der Waals surface area contributed by atoms with Crippen molar-refractivity contribution >= 4 is 11.8 Å². The van der Waals surface area contributed by atoms with Crippen LogP contribution in [0, 0.1) is 0 Å². The summed E-state index contributed by atoms with van der Waals surface area (Å²) in [6.07, 6.45) is 0. The fourth-order valence-electron chi connectivity index (χ4n) is 3.21. The van der Waals surface area contributed by atoms with E-state index < -0.39 is 0 Å². The molecule has 0 unspecified atom stereocenters. The van der Waals surface area contributed by atoms with Crippen molar-refractivity contribution in [2.45, 2.75) is 13.5 Å². The Morgan fingerprint density at radius 2 is 1.75 bits per heavy atom. The lowest BCUT2D eigenvalue weighted by atomic mass is 10.1. The Kier molecular flexibility index (Phi) is 7.03. The zero-order valence-electron chi connectivity index (χ0n) is 16.3. The van der Waals surface area contributed by atoms with E-state index in [1.807, 2.05) is 60.4 Å². The third kappa shape index (κ3) is 5.57. The Morgan fingerprint density at radius 3 is 2.46 bits per heavy atom. The number of carbonyl (C=O) groups is 2. The topological polar surface area (TPSA) is 61.9 Å². The number of nitrogens with zero attached hydrogens (tertiary/aromatic N) is 2. The summed E-state index contributed by atoms with van der Waals surface area (Å²) in [6.45, 7) is 6.04. The van der Waals surface area contributed by atoms with E-state index in [4.69, 9.17) is 4.74 Å². The van der Waals surface area contributed by atoms with Gasteiger partial charge in [-0.3, -0.25) is 14.5 Å². The van der Waals surface area contributed by atoms with Crippen LogP contribution in [-0.4, -0.2) is 60.9 Å². The third-order valence-corrected chi connectivity index (χ3v) is 4.73. The zero-order valence-corrected chi connectivity index (χ0v) is 16.3. The maximum Gasteiger partial charge on any atom is 0.254 e. The van der Waals surface area contributed by atoms with Crippen molar-refractivity contribution in [2.24, 2.45) is 0 Å². The van der Waals surface area contributed by atoms with E-state index in [0.717, 1.165) is 5.56 Å². The van der Waals surface area contributed by atoms with E-state index in [1.54, 1.807) is 6.07 Å². The number of hydrogen-bond donors (Lipinski definition) is 1. The SMILES string of the molecule is CCNC(=O)CN1CCN(C(=O)c2cccc(OCc3ccccc3)c2)CC1. The van der Waals surface area contributed by atoms with Crippen LogP contribution in [-0.2, 0) is 11.4 Å². The molecule has 1 saturated heterocycles. The Balaban J connectivity index is 1.53.